The molecule has 1 aromatic rings. The van der Waals surface area contributed by atoms with Crippen LogP contribution < -0.4 is 9.47 Å². The van der Waals surface area contributed by atoms with Crippen molar-refractivity contribution < 1.29 is 14.3 Å². The van der Waals surface area contributed by atoms with Crippen LogP contribution in [-0.2, 0) is 4.79 Å². The lowest BCUT2D eigenvalue weighted by molar-refractivity contribution is -0.131. The number of carbonyl (C=O) groups is 1. The molecule has 0 unspecified atom stereocenters. The summed E-state index contributed by atoms with van der Waals surface area (Å²) >= 11 is 0. The normalized spacial score (nSPS) is 21.8. The Bertz CT molecular complexity index is 570. The number of rotatable bonds is 5. The van der Waals surface area contributed by atoms with Crippen LogP contribution in [0.2, 0.25) is 0 Å². The number of carbonyl (C=O) groups excluding carboxylic acids is 1. The smallest absolute Gasteiger partial charge is 0.236 e. The van der Waals surface area contributed by atoms with Crippen molar-refractivity contribution in [1.29, 1.82) is 0 Å². The van der Waals surface area contributed by atoms with Crippen molar-refractivity contribution >= 4 is 5.91 Å². The van der Waals surface area contributed by atoms with Crippen molar-refractivity contribution in [3.8, 4) is 11.5 Å². The standard InChI is InChI=1S/C19H28N2O3/c1-23-17-8-6-7-16(19(17)24-2)15-9-12-21(13-15)18(22)14-20-10-4-3-5-11-20/h6-8,15H,3-5,9-14H2,1-2H3/t15-/m0/s1. The van der Waals surface area contributed by atoms with Gasteiger partial charge in [-0.1, -0.05) is 18.6 Å². The zero-order valence-corrected chi connectivity index (χ0v) is 14.8. The molecular weight excluding hydrogens is 304 g/mol. The zero-order valence-electron chi connectivity index (χ0n) is 14.8. The summed E-state index contributed by atoms with van der Waals surface area (Å²) in [6.07, 6.45) is 4.72. The van der Waals surface area contributed by atoms with Gasteiger partial charge in [-0.3, -0.25) is 9.69 Å². The summed E-state index contributed by atoms with van der Waals surface area (Å²) in [6.45, 7) is 4.30. The number of piperidine rings is 1. The van der Waals surface area contributed by atoms with E-state index in [9.17, 15) is 4.79 Å². The maximum absolute atomic E-state index is 12.6. The number of para-hydroxylation sites is 1. The third-order valence-corrected chi connectivity index (χ3v) is 5.22. The van der Waals surface area contributed by atoms with Crippen LogP contribution in [0.4, 0.5) is 0 Å². The summed E-state index contributed by atoms with van der Waals surface area (Å²) in [5.41, 5.74) is 1.14. The molecule has 5 heteroatoms. The van der Waals surface area contributed by atoms with Crippen LogP contribution in [-0.4, -0.2) is 62.7 Å². The molecule has 2 heterocycles. The van der Waals surface area contributed by atoms with Crippen LogP contribution in [0.5, 0.6) is 11.5 Å². The molecule has 24 heavy (non-hydrogen) atoms. The lowest BCUT2D eigenvalue weighted by atomic mass is 9.97. The summed E-state index contributed by atoms with van der Waals surface area (Å²) in [4.78, 5) is 16.9. The highest BCUT2D eigenvalue weighted by Gasteiger charge is 2.30. The first-order valence-corrected chi connectivity index (χ1v) is 8.94. The second-order valence-electron chi connectivity index (χ2n) is 6.74. The van der Waals surface area contributed by atoms with E-state index >= 15 is 0 Å². The summed E-state index contributed by atoms with van der Waals surface area (Å²) in [7, 11) is 3.33. The minimum absolute atomic E-state index is 0.265. The maximum atomic E-state index is 12.6. The van der Waals surface area contributed by atoms with Crippen molar-refractivity contribution in [2.24, 2.45) is 0 Å². The predicted molar refractivity (Wildman–Crippen MR) is 93.8 cm³/mol. The third kappa shape index (κ3) is 3.66. The number of likely N-dealkylation sites (tertiary alicyclic amines) is 2. The van der Waals surface area contributed by atoms with Gasteiger partial charge in [0.1, 0.15) is 0 Å². The fraction of sp³-hybridized carbons (Fsp3) is 0.632. The molecule has 2 saturated heterocycles. The SMILES string of the molecule is COc1cccc([C@H]2CCN(C(=O)CN3CCCCC3)C2)c1OC. The van der Waals surface area contributed by atoms with E-state index in [2.05, 4.69) is 11.0 Å². The van der Waals surface area contributed by atoms with Crippen LogP contribution >= 0.6 is 0 Å². The van der Waals surface area contributed by atoms with E-state index in [0.29, 0.717) is 12.5 Å². The number of nitrogens with zero attached hydrogens (tertiary/aromatic N) is 2. The van der Waals surface area contributed by atoms with Crippen molar-refractivity contribution in [3.63, 3.8) is 0 Å². The Morgan fingerprint density at radius 3 is 2.62 bits per heavy atom. The van der Waals surface area contributed by atoms with Gasteiger partial charge in [0.05, 0.1) is 20.8 Å². The van der Waals surface area contributed by atoms with Crippen LogP contribution in [0.25, 0.3) is 0 Å². The third-order valence-electron chi connectivity index (χ3n) is 5.22. The Morgan fingerprint density at radius 1 is 1.12 bits per heavy atom. The van der Waals surface area contributed by atoms with Gasteiger partial charge in [0, 0.05) is 24.6 Å². The monoisotopic (exact) mass is 332 g/mol. The Labute approximate surface area is 144 Å². The summed E-state index contributed by atoms with van der Waals surface area (Å²) < 4.78 is 11.0. The molecule has 3 rings (SSSR count). The minimum atomic E-state index is 0.265. The molecule has 0 aliphatic carbocycles. The topological polar surface area (TPSA) is 42.0 Å². The molecule has 0 saturated carbocycles. The number of benzene rings is 1. The highest BCUT2D eigenvalue weighted by atomic mass is 16.5. The summed E-state index contributed by atoms with van der Waals surface area (Å²) in [5, 5.41) is 0. The quantitative estimate of drug-likeness (QED) is 0.831. The van der Waals surface area contributed by atoms with Crippen LogP contribution in [0.1, 0.15) is 37.2 Å². The number of ether oxygens (including phenoxy) is 2. The van der Waals surface area contributed by atoms with E-state index < -0.39 is 0 Å². The van der Waals surface area contributed by atoms with E-state index in [1.54, 1.807) is 14.2 Å². The van der Waals surface area contributed by atoms with Gasteiger partial charge in [0.2, 0.25) is 5.91 Å². The summed E-state index contributed by atoms with van der Waals surface area (Å²) in [6, 6.07) is 6.00. The molecule has 0 spiro atoms. The molecule has 5 nitrogen and oxygen atoms in total. The molecule has 1 amide bonds. The molecule has 2 aliphatic rings. The first kappa shape index (κ1) is 17.1. The fourth-order valence-electron chi connectivity index (χ4n) is 3.88. The molecule has 1 atom stereocenters. The van der Waals surface area contributed by atoms with E-state index in [1.165, 1.54) is 19.3 Å². The molecule has 0 radical (unpaired) electrons. The van der Waals surface area contributed by atoms with Gasteiger partial charge < -0.3 is 14.4 Å². The lowest BCUT2D eigenvalue weighted by Crippen LogP contribution is -2.41. The average molecular weight is 332 g/mol. The highest BCUT2D eigenvalue weighted by molar-refractivity contribution is 5.78. The largest absolute Gasteiger partial charge is 0.493 e. The number of amides is 1. The first-order chi connectivity index (χ1) is 11.7. The van der Waals surface area contributed by atoms with E-state index in [4.69, 9.17) is 9.47 Å². The van der Waals surface area contributed by atoms with Crippen molar-refractivity contribution in [1.82, 2.24) is 9.80 Å². The number of hydrogen-bond donors (Lipinski definition) is 0. The zero-order chi connectivity index (χ0) is 16.9. The molecule has 0 aromatic heterocycles. The average Bonchev–Trinajstić information content (AvgIpc) is 3.12. The number of hydrogen-bond acceptors (Lipinski definition) is 4. The second kappa shape index (κ2) is 7.88. The van der Waals surface area contributed by atoms with Crippen LogP contribution in [0, 0.1) is 0 Å². The van der Waals surface area contributed by atoms with Gasteiger partial charge >= 0.3 is 0 Å². The van der Waals surface area contributed by atoms with Gasteiger partial charge in [0.25, 0.3) is 0 Å². The molecule has 0 bridgehead atoms. The van der Waals surface area contributed by atoms with Crippen LogP contribution in [0.3, 0.4) is 0 Å². The Kier molecular flexibility index (Phi) is 5.61. The van der Waals surface area contributed by atoms with Crippen LogP contribution in [0.15, 0.2) is 18.2 Å². The number of methoxy groups -OCH3 is 2. The molecule has 0 N–H and O–H groups in total. The van der Waals surface area contributed by atoms with Gasteiger partial charge in [-0.2, -0.15) is 0 Å². The molecule has 1 aromatic carbocycles. The van der Waals surface area contributed by atoms with Crippen molar-refractivity contribution in [3.05, 3.63) is 23.8 Å². The van der Waals surface area contributed by atoms with E-state index in [-0.39, 0.29) is 5.91 Å². The maximum Gasteiger partial charge on any atom is 0.236 e. The molecule has 2 fully saturated rings. The molecular formula is C19H28N2O3. The van der Waals surface area contributed by atoms with Gasteiger partial charge in [-0.05, 0) is 38.4 Å². The summed E-state index contributed by atoms with van der Waals surface area (Å²) in [5.74, 6) is 2.14. The second-order valence-corrected chi connectivity index (χ2v) is 6.74. The highest BCUT2D eigenvalue weighted by Crippen LogP contribution is 2.39. The van der Waals surface area contributed by atoms with Crippen molar-refractivity contribution in [2.45, 2.75) is 31.6 Å². The Hall–Kier alpha value is -1.75. The molecule has 2 aliphatic heterocycles. The van der Waals surface area contributed by atoms with Gasteiger partial charge in [0.15, 0.2) is 11.5 Å². The lowest BCUT2D eigenvalue weighted by Gasteiger charge is -2.28. The van der Waals surface area contributed by atoms with Gasteiger partial charge in [-0.15, -0.1) is 0 Å². The predicted octanol–water partition coefficient (Wildman–Crippen LogP) is 2.51. The Morgan fingerprint density at radius 2 is 1.92 bits per heavy atom. The van der Waals surface area contributed by atoms with E-state index in [0.717, 1.165) is 49.7 Å². The van der Waals surface area contributed by atoms with Gasteiger partial charge in [-0.25, -0.2) is 0 Å². The molecule has 132 valence electrons. The van der Waals surface area contributed by atoms with E-state index in [1.807, 2.05) is 17.0 Å². The Balaban J connectivity index is 1.63. The first-order valence-electron chi connectivity index (χ1n) is 8.94. The fourth-order valence-corrected chi connectivity index (χ4v) is 3.88. The minimum Gasteiger partial charge on any atom is -0.493 e. The van der Waals surface area contributed by atoms with Crippen molar-refractivity contribution in [2.75, 3.05) is 46.9 Å².